The van der Waals surface area contributed by atoms with Gasteiger partial charge in [-0.15, -0.1) is 10.2 Å². The molecule has 0 atom stereocenters. The summed E-state index contributed by atoms with van der Waals surface area (Å²) < 4.78 is 1.66. The molecule has 0 fully saturated rings. The van der Waals surface area contributed by atoms with Gasteiger partial charge < -0.3 is 5.11 Å². The van der Waals surface area contributed by atoms with E-state index in [0.29, 0.717) is 32.9 Å². The van der Waals surface area contributed by atoms with Crippen molar-refractivity contribution >= 4 is 40.4 Å². The number of hydrogen-bond acceptors (Lipinski definition) is 4. The van der Waals surface area contributed by atoms with Crippen LogP contribution >= 0.6 is 23.2 Å². The maximum absolute atomic E-state index is 9.78. The van der Waals surface area contributed by atoms with Crippen molar-refractivity contribution in [2.24, 2.45) is 10.2 Å². The standard InChI is InChI=1S/C14H10Cl2N4O/c1-8-13(20-6-2-3-12(21)14(20)17-8)19-18-11-7-9(15)4-5-10(11)16/h2-7,21H,1H3. The van der Waals surface area contributed by atoms with Crippen molar-refractivity contribution in [3.8, 4) is 5.75 Å². The van der Waals surface area contributed by atoms with Crippen LogP contribution in [0.2, 0.25) is 10.0 Å². The highest BCUT2D eigenvalue weighted by Crippen LogP contribution is 2.31. The Kier molecular flexibility index (Phi) is 3.53. The average molecular weight is 321 g/mol. The van der Waals surface area contributed by atoms with Crippen LogP contribution in [0, 0.1) is 6.92 Å². The fourth-order valence-corrected chi connectivity index (χ4v) is 2.26. The van der Waals surface area contributed by atoms with Crippen LogP contribution in [0.3, 0.4) is 0 Å². The van der Waals surface area contributed by atoms with Gasteiger partial charge in [0.15, 0.2) is 17.2 Å². The molecule has 0 spiro atoms. The van der Waals surface area contributed by atoms with Gasteiger partial charge in [-0.1, -0.05) is 23.2 Å². The summed E-state index contributed by atoms with van der Waals surface area (Å²) in [5, 5.41) is 19.1. The van der Waals surface area contributed by atoms with E-state index in [4.69, 9.17) is 23.2 Å². The molecule has 0 aliphatic rings. The molecular formula is C14H10Cl2N4O. The van der Waals surface area contributed by atoms with Gasteiger partial charge in [0.05, 0.1) is 10.7 Å². The maximum Gasteiger partial charge on any atom is 0.182 e. The number of aromatic hydroxyl groups is 1. The van der Waals surface area contributed by atoms with Gasteiger partial charge in [-0.3, -0.25) is 4.40 Å². The highest BCUT2D eigenvalue weighted by atomic mass is 35.5. The first kappa shape index (κ1) is 13.9. The zero-order valence-corrected chi connectivity index (χ0v) is 12.5. The SMILES string of the molecule is Cc1nc2c(O)cccn2c1N=Nc1cc(Cl)ccc1Cl. The normalized spacial score (nSPS) is 11.6. The number of azo groups is 1. The Balaban J connectivity index is 2.09. The third kappa shape index (κ3) is 2.57. The topological polar surface area (TPSA) is 62.2 Å². The Morgan fingerprint density at radius 2 is 2.00 bits per heavy atom. The molecule has 21 heavy (non-hydrogen) atoms. The predicted octanol–water partition coefficient (Wildman–Crippen LogP) is 5.07. The van der Waals surface area contributed by atoms with Crippen molar-refractivity contribution in [2.75, 3.05) is 0 Å². The van der Waals surface area contributed by atoms with Crippen molar-refractivity contribution in [1.82, 2.24) is 9.38 Å². The number of fused-ring (bicyclic) bond motifs is 1. The van der Waals surface area contributed by atoms with Gasteiger partial charge in [-0.25, -0.2) is 4.98 Å². The van der Waals surface area contributed by atoms with E-state index < -0.39 is 0 Å². The van der Waals surface area contributed by atoms with Crippen LogP contribution < -0.4 is 0 Å². The van der Waals surface area contributed by atoms with Gasteiger partial charge in [0.2, 0.25) is 0 Å². The molecular weight excluding hydrogens is 311 g/mol. The van der Waals surface area contributed by atoms with Crippen LogP contribution in [-0.4, -0.2) is 14.5 Å². The first-order chi connectivity index (χ1) is 10.1. The van der Waals surface area contributed by atoms with Crippen LogP contribution in [0.25, 0.3) is 5.65 Å². The summed E-state index contributed by atoms with van der Waals surface area (Å²) in [5.74, 6) is 0.611. The number of benzene rings is 1. The monoisotopic (exact) mass is 320 g/mol. The van der Waals surface area contributed by atoms with Crippen molar-refractivity contribution in [1.29, 1.82) is 0 Å². The fraction of sp³-hybridized carbons (Fsp3) is 0.0714. The summed E-state index contributed by atoms with van der Waals surface area (Å²) in [6.45, 7) is 1.79. The Morgan fingerprint density at radius 1 is 1.19 bits per heavy atom. The highest BCUT2D eigenvalue weighted by molar-refractivity contribution is 6.35. The lowest BCUT2D eigenvalue weighted by atomic mass is 10.3. The summed E-state index contributed by atoms with van der Waals surface area (Å²) in [6.07, 6.45) is 1.75. The minimum atomic E-state index is 0.0860. The average Bonchev–Trinajstić information content (AvgIpc) is 2.77. The van der Waals surface area contributed by atoms with E-state index in [-0.39, 0.29) is 5.75 Å². The zero-order chi connectivity index (χ0) is 15.0. The first-order valence-corrected chi connectivity index (χ1v) is 6.85. The number of halogens is 2. The van der Waals surface area contributed by atoms with E-state index in [1.807, 2.05) is 0 Å². The molecule has 0 unspecified atom stereocenters. The summed E-state index contributed by atoms with van der Waals surface area (Å²) in [5.41, 5.74) is 1.55. The molecule has 2 aromatic heterocycles. The van der Waals surface area contributed by atoms with Crippen molar-refractivity contribution < 1.29 is 5.11 Å². The maximum atomic E-state index is 9.78. The van der Waals surface area contributed by atoms with E-state index in [1.165, 1.54) is 0 Å². The molecule has 3 aromatic rings. The van der Waals surface area contributed by atoms with Crippen LogP contribution in [-0.2, 0) is 0 Å². The number of aromatic nitrogens is 2. The van der Waals surface area contributed by atoms with Crippen LogP contribution in [0.1, 0.15) is 5.69 Å². The Morgan fingerprint density at radius 3 is 2.81 bits per heavy atom. The van der Waals surface area contributed by atoms with E-state index in [1.54, 1.807) is 47.9 Å². The van der Waals surface area contributed by atoms with E-state index in [2.05, 4.69) is 15.2 Å². The molecule has 5 nitrogen and oxygen atoms in total. The number of nitrogens with zero attached hydrogens (tertiary/aromatic N) is 4. The summed E-state index contributed by atoms with van der Waals surface area (Å²) >= 11 is 12.0. The molecule has 0 aliphatic heterocycles. The second-order valence-corrected chi connectivity index (χ2v) is 5.25. The van der Waals surface area contributed by atoms with Crippen molar-refractivity contribution in [3.05, 3.63) is 52.3 Å². The molecule has 1 N–H and O–H groups in total. The van der Waals surface area contributed by atoms with Gasteiger partial charge in [-0.05, 0) is 37.3 Å². The third-order valence-electron chi connectivity index (χ3n) is 2.93. The lowest BCUT2D eigenvalue weighted by Gasteiger charge is -1.99. The predicted molar refractivity (Wildman–Crippen MR) is 82.2 cm³/mol. The summed E-state index contributed by atoms with van der Waals surface area (Å²) in [7, 11) is 0. The van der Waals surface area contributed by atoms with Gasteiger partial charge in [0.25, 0.3) is 0 Å². The lowest BCUT2D eigenvalue weighted by molar-refractivity contribution is 0.477. The Hall–Kier alpha value is -2.11. The van der Waals surface area contributed by atoms with Crippen molar-refractivity contribution in [3.63, 3.8) is 0 Å². The Bertz CT molecular complexity index is 858. The van der Waals surface area contributed by atoms with E-state index >= 15 is 0 Å². The molecule has 0 amide bonds. The van der Waals surface area contributed by atoms with Gasteiger partial charge >= 0.3 is 0 Å². The van der Waals surface area contributed by atoms with Crippen LogP contribution in [0.15, 0.2) is 46.8 Å². The molecule has 3 rings (SSSR count). The first-order valence-electron chi connectivity index (χ1n) is 6.09. The largest absolute Gasteiger partial charge is 0.504 e. The van der Waals surface area contributed by atoms with Crippen LogP contribution in [0.5, 0.6) is 5.75 Å². The van der Waals surface area contributed by atoms with Crippen molar-refractivity contribution in [2.45, 2.75) is 6.92 Å². The highest BCUT2D eigenvalue weighted by Gasteiger charge is 2.11. The fourth-order valence-electron chi connectivity index (χ4n) is 1.94. The zero-order valence-electron chi connectivity index (χ0n) is 11.0. The van der Waals surface area contributed by atoms with E-state index in [9.17, 15) is 5.11 Å². The van der Waals surface area contributed by atoms with Gasteiger partial charge in [0, 0.05) is 11.2 Å². The number of hydrogen-bond donors (Lipinski definition) is 1. The Labute approximate surface area is 130 Å². The minimum Gasteiger partial charge on any atom is -0.504 e. The number of imidazole rings is 1. The smallest absolute Gasteiger partial charge is 0.182 e. The molecule has 2 heterocycles. The molecule has 0 aliphatic carbocycles. The second kappa shape index (κ2) is 5.35. The minimum absolute atomic E-state index is 0.0860. The molecule has 0 bridgehead atoms. The van der Waals surface area contributed by atoms with Crippen LogP contribution in [0.4, 0.5) is 11.5 Å². The molecule has 1 aromatic carbocycles. The quantitative estimate of drug-likeness (QED) is 0.670. The summed E-state index contributed by atoms with van der Waals surface area (Å²) in [6, 6.07) is 8.24. The van der Waals surface area contributed by atoms with Gasteiger partial charge in [-0.2, -0.15) is 0 Å². The van der Waals surface area contributed by atoms with E-state index in [0.717, 1.165) is 0 Å². The number of rotatable bonds is 2. The second-order valence-electron chi connectivity index (χ2n) is 4.40. The third-order valence-corrected chi connectivity index (χ3v) is 3.49. The molecule has 106 valence electrons. The molecule has 0 radical (unpaired) electrons. The molecule has 0 saturated carbocycles. The molecule has 0 saturated heterocycles. The van der Waals surface area contributed by atoms with Gasteiger partial charge in [0.1, 0.15) is 5.69 Å². The number of aryl methyl sites for hydroxylation is 1. The lowest BCUT2D eigenvalue weighted by Crippen LogP contribution is -1.82. The molecule has 7 heteroatoms. The summed E-state index contributed by atoms with van der Waals surface area (Å²) in [4.78, 5) is 4.27. The number of pyridine rings is 1.